The number of ether oxygens (including phenoxy) is 1. The van der Waals surface area contributed by atoms with Gasteiger partial charge in [0.1, 0.15) is 0 Å². The van der Waals surface area contributed by atoms with E-state index in [0.717, 1.165) is 31.4 Å². The van der Waals surface area contributed by atoms with Crippen molar-refractivity contribution in [2.24, 2.45) is 5.92 Å². The van der Waals surface area contributed by atoms with E-state index in [0.29, 0.717) is 32.8 Å². The maximum absolute atomic E-state index is 13.0. The molecule has 1 aliphatic carbocycles. The van der Waals surface area contributed by atoms with Crippen LogP contribution in [0.25, 0.3) is 0 Å². The average Bonchev–Trinajstić information content (AvgIpc) is 3.04. The van der Waals surface area contributed by atoms with E-state index in [2.05, 4.69) is 4.98 Å². The highest BCUT2D eigenvalue weighted by atomic mass is 32.2. The van der Waals surface area contributed by atoms with Gasteiger partial charge in [-0.15, -0.1) is 0 Å². The molecule has 0 radical (unpaired) electrons. The molecule has 0 saturated heterocycles. The molecule has 1 heterocycles. The minimum atomic E-state index is -3.48. The topological polar surface area (TPSA) is 105 Å². The predicted molar refractivity (Wildman–Crippen MR) is 102 cm³/mol. The van der Waals surface area contributed by atoms with Crippen LogP contribution in [-0.2, 0) is 27.7 Å². The molecule has 0 atom stereocenters. The minimum Gasteiger partial charge on any atom is -0.395 e. The summed E-state index contributed by atoms with van der Waals surface area (Å²) in [6.45, 7) is 1.95. The Morgan fingerprint density at radius 3 is 2.48 bits per heavy atom. The highest BCUT2D eigenvalue weighted by molar-refractivity contribution is 7.91. The predicted octanol–water partition coefficient (Wildman–Crippen LogP) is 0.670. The lowest BCUT2D eigenvalue weighted by molar-refractivity contribution is 0.150. The highest BCUT2D eigenvalue weighted by Gasteiger charge is 2.28. The van der Waals surface area contributed by atoms with E-state index in [4.69, 9.17) is 4.74 Å². The van der Waals surface area contributed by atoms with Crippen LogP contribution in [-0.4, -0.2) is 78.9 Å². The van der Waals surface area contributed by atoms with Gasteiger partial charge in [0.25, 0.3) is 0 Å². The largest absolute Gasteiger partial charge is 0.395 e. The lowest BCUT2D eigenvalue weighted by atomic mass is 9.91. The summed E-state index contributed by atoms with van der Waals surface area (Å²) in [4.78, 5) is 6.12. The molecule has 1 aliphatic rings. The SMILES string of the molecule is COCCn1c(CN(CCO)CCO)cnc1S(=O)(=O)CC1CCCCC1. The van der Waals surface area contributed by atoms with Gasteiger partial charge < -0.3 is 19.5 Å². The molecule has 1 aromatic heterocycles. The molecular formula is C18H33N3O5S. The van der Waals surface area contributed by atoms with Crippen LogP contribution in [0.3, 0.4) is 0 Å². The van der Waals surface area contributed by atoms with Gasteiger partial charge in [0.05, 0.1) is 37.5 Å². The quantitative estimate of drug-likeness (QED) is 0.528. The van der Waals surface area contributed by atoms with Crippen LogP contribution in [0.15, 0.2) is 11.4 Å². The van der Waals surface area contributed by atoms with Crippen molar-refractivity contribution in [3.63, 3.8) is 0 Å². The van der Waals surface area contributed by atoms with Gasteiger partial charge in [-0.05, 0) is 18.8 Å². The van der Waals surface area contributed by atoms with Gasteiger partial charge in [0, 0.05) is 33.3 Å². The third kappa shape index (κ3) is 6.53. The fourth-order valence-corrected chi connectivity index (χ4v) is 5.57. The second-order valence-corrected chi connectivity index (χ2v) is 9.11. The van der Waals surface area contributed by atoms with E-state index in [1.165, 1.54) is 6.42 Å². The molecular weight excluding hydrogens is 370 g/mol. The molecule has 2 rings (SSSR count). The number of rotatable bonds is 12. The second kappa shape index (κ2) is 11.1. The summed E-state index contributed by atoms with van der Waals surface area (Å²) in [5.74, 6) is 0.355. The van der Waals surface area contributed by atoms with Gasteiger partial charge in [0.2, 0.25) is 15.0 Å². The third-order valence-corrected chi connectivity index (χ3v) is 6.89. The number of aliphatic hydroxyl groups is 2. The first-order valence-corrected chi connectivity index (χ1v) is 11.4. The number of methoxy groups -OCH3 is 1. The molecule has 27 heavy (non-hydrogen) atoms. The van der Waals surface area contributed by atoms with Crippen molar-refractivity contribution < 1.29 is 23.4 Å². The Morgan fingerprint density at radius 2 is 1.89 bits per heavy atom. The van der Waals surface area contributed by atoms with Crippen LogP contribution in [0.2, 0.25) is 0 Å². The Morgan fingerprint density at radius 1 is 1.22 bits per heavy atom. The fraction of sp³-hybridized carbons (Fsp3) is 0.833. The van der Waals surface area contributed by atoms with Gasteiger partial charge in [-0.1, -0.05) is 19.3 Å². The van der Waals surface area contributed by atoms with Crippen LogP contribution >= 0.6 is 0 Å². The lowest BCUT2D eigenvalue weighted by Gasteiger charge is -2.23. The van der Waals surface area contributed by atoms with Gasteiger partial charge in [-0.3, -0.25) is 4.90 Å². The zero-order valence-corrected chi connectivity index (χ0v) is 17.0. The molecule has 9 heteroatoms. The van der Waals surface area contributed by atoms with E-state index in [1.54, 1.807) is 17.9 Å². The molecule has 1 fully saturated rings. The first-order chi connectivity index (χ1) is 13.0. The van der Waals surface area contributed by atoms with Crippen LogP contribution in [0.1, 0.15) is 37.8 Å². The Bertz CT molecular complexity index is 650. The number of hydrogen-bond acceptors (Lipinski definition) is 7. The van der Waals surface area contributed by atoms with E-state index in [9.17, 15) is 18.6 Å². The number of sulfone groups is 1. The van der Waals surface area contributed by atoms with E-state index in [-0.39, 0.29) is 30.0 Å². The number of aromatic nitrogens is 2. The van der Waals surface area contributed by atoms with Crippen LogP contribution in [0, 0.1) is 5.92 Å². The standard InChI is InChI=1S/C18H33N3O5S/c1-26-12-9-21-17(14-20(7-10-22)8-11-23)13-19-18(21)27(24,25)15-16-5-3-2-4-6-16/h13,16,22-23H,2-12,14-15H2,1H3. The number of nitrogens with zero attached hydrogens (tertiary/aromatic N) is 3. The molecule has 156 valence electrons. The van der Waals surface area contributed by atoms with Gasteiger partial charge in [-0.2, -0.15) is 0 Å². The summed E-state index contributed by atoms with van der Waals surface area (Å²) in [6, 6.07) is 0. The molecule has 0 aromatic carbocycles. The number of aliphatic hydroxyl groups excluding tert-OH is 2. The smallest absolute Gasteiger partial charge is 0.227 e. The Hall–Kier alpha value is -1.000. The Balaban J connectivity index is 2.22. The molecule has 8 nitrogen and oxygen atoms in total. The van der Waals surface area contributed by atoms with E-state index in [1.807, 2.05) is 4.90 Å². The third-order valence-electron chi connectivity index (χ3n) is 5.10. The van der Waals surface area contributed by atoms with Crippen molar-refractivity contribution in [2.45, 2.75) is 50.4 Å². The van der Waals surface area contributed by atoms with Gasteiger partial charge in [0.15, 0.2) is 0 Å². The van der Waals surface area contributed by atoms with Crippen LogP contribution in [0.4, 0.5) is 0 Å². The molecule has 0 amide bonds. The molecule has 0 aliphatic heterocycles. The first-order valence-electron chi connectivity index (χ1n) is 9.72. The lowest BCUT2D eigenvalue weighted by Crippen LogP contribution is -2.31. The zero-order chi connectivity index (χ0) is 19.7. The Labute approximate surface area is 162 Å². The van der Waals surface area contributed by atoms with Crippen LogP contribution in [0.5, 0.6) is 0 Å². The minimum absolute atomic E-state index is 0.0287. The van der Waals surface area contributed by atoms with Gasteiger partial charge in [-0.25, -0.2) is 13.4 Å². The average molecular weight is 404 g/mol. The summed E-state index contributed by atoms with van der Waals surface area (Å²) in [6.07, 6.45) is 6.90. The first kappa shape index (κ1) is 22.3. The molecule has 2 N–H and O–H groups in total. The summed E-state index contributed by atoms with van der Waals surface area (Å²) in [7, 11) is -1.90. The maximum atomic E-state index is 13.0. The normalized spacial score (nSPS) is 16.3. The molecule has 1 aromatic rings. The zero-order valence-electron chi connectivity index (χ0n) is 16.2. The van der Waals surface area contributed by atoms with Crippen molar-refractivity contribution in [1.82, 2.24) is 14.5 Å². The number of imidazole rings is 1. The molecule has 1 saturated carbocycles. The number of hydrogen-bond donors (Lipinski definition) is 2. The maximum Gasteiger partial charge on any atom is 0.227 e. The monoisotopic (exact) mass is 403 g/mol. The summed E-state index contributed by atoms with van der Waals surface area (Å²) in [5.41, 5.74) is 0.746. The molecule has 0 bridgehead atoms. The van der Waals surface area contributed by atoms with Gasteiger partial charge >= 0.3 is 0 Å². The van der Waals surface area contributed by atoms with Crippen molar-refractivity contribution in [3.05, 3.63) is 11.9 Å². The molecule has 0 spiro atoms. The van der Waals surface area contributed by atoms with Crippen molar-refractivity contribution in [2.75, 3.05) is 45.8 Å². The summed E-state index contributed by atoms with van der Waals surface area (Å²) in [5, 5.41) is 18.5. The Kier molecular flexibility index (Phi) is 9.17. The summed E-state index contributed by atoms with van der Waals surface area (Å²) >= 11 is 0. The molecule has 0 unspecified atom stereocenters. The van der Waals surface area contributed by atoms with Crippen molar-refractivity contribution in [3.8, 4) is 0 Å². The second-order valence-electron chi connectivity index (χ2n) is 7.19. The summed E-state index contributed by atoms with van der Waals surface area (Å²) < 4.78 is 32.9. The van der Waals surface area contributed by atoms with E-state index < -0.39 is 9.84 Å². The fourth-order valence-electron chi connectivity index (χ4n) is 3.71. The van der Waals surface area contributed by atoms with Crippen LogP contribution < -0.4 is 0 Å². The van der Waals surface area contributed by atoms with Crippen molar-refractivity contribution >= 4 is 9.84 Å². The van der Waals surface area contributed by atoms with Crippen molar-refractivity contribution in [1.29, 1.82) is 0 Å². The van der Waals surface area contributed by atoms with E-state index >= 15 is 0 Å². The highest BCUT2D eigenvalue weighted by Crippen LogP contribution is 2.27.